The lowest BCUT2D eigenvalue weighted by Gasteiger charge is -2.40. The van der Waals surface area contributed by atoms with E-state index in [1.807, 2.05) is 0 Å². The van der Waals surface area contributed by atoms with Gasteiger partial charge in [0.2, 0.25) is 0 Å². The summed E-state index contributed by atoms with van der Waals surface area (Å²) in [4.78, 5) is 11.8. The van der Waals surface area contributed by atoms with Gasteiger partial charge >= 0.3 is 0 Å². The Morgan fingerprint density at radius 3 is 2.11 bits per heavy atom. The Labute approximate surface area is 163 Å². The third kappa shape index (κ3) is 5.80. The van der Waals surface area contributed by atoms with Crippen molar-refractivity contribution in [1.29, 1.82) is 0 Å². The molecule has 10 heteroatoms. The van der Waals surface area contributed by atoms with E-state index < -0.39 is 47.2 Å². The summed E-state index contributed by atoms with van der Waals surface area (Å²) in [5, 5.41) is 38.6. The number of hydrogen-bond donors (Lipinski definition) is 5. The first kappa shape index (κ1) is 22.9. The molecule has 1 aromatic rings. The summed E-state index contributed by atoms with van der Waals surface area (Å²) in [6.07, 6.45) is -3.16. The molecule has 5 unspecified atom stereocenters. The number of ether oxygens (including phenoxy) is 1. The second-order valence-electron chi connectivity index (χ2n) is 6.89. The highest BCUT2D eigenvalue weighted by Crippen LogP contribution is 2.25. The van der Waals surface area contributed by atoms with Gasteiger partial charge in [0.1, 0.15) is 24.4 Å². The molecule has 2 rings (SSSR count). The molecule has 5 atom stereocenters. The lowest BCUT2D eigenvalue weighted by Crippen LogP contribution is -2.58. The van der Waals surface area contributed by atoms with Crippen molar-refractivity contribution < 1.29 is 42.9 Å². The van der Waals surface area contributed by atoms with Gasteiger partial charge in [0.25, 0.3) is 10.1 Å². The molecular formula is C18H26O9S. The van der Waals surface area contributed by atoms with Gasteiger partial charge < -0.3 is 25.2 Å². The molecule has 158 valence electrons. The Kier molecular flexibility index (Phi) is 8.07. The molecule has 1 fully saturated rings. The molecule has 0 aromatic heterocycles. The van der Waals surface area contributed by atoms with Crippen LogP contribution in [-0.4, -0.2) is 76.3 Å². The maximum absolute atomic E-state index is 12.1. The highest BCUT2D eigenvalue weighted by molar-refractivity contribution is 7.85. The molecule has 0 amide bonds. The van der Waals surface area contributed by atoms with Crippen molar-refractivity contribution in [3.63, 3.8) is 0 Å². The summed E-state index contributed by atoms with van der Waals surface area (Å²) in [6.45, 7) is -0.466. The first-order valence-corrected chi connectivity index (χ1v) is 10.5. The highest BCUT2D eigenvalue weighted by atomic mass is 32.2. The van der Waals surface area contributed by atoms with Crippen LogP contribution in [0.4, 0.5) is 0 Å². The van der Waals surface area contributed by atoms with Crippen molar-refractivity contribution >= 4 is 15.9 Å². The maximum atomic E-state index is 12.1. The highest BCUT2D eigenvalue weighted by Gasteiger charge is 2.42. The zero-order chi connectivity index (χ0) is 20.9. The Morgan fingerprint density at radius 2 is 1.54 bits per heavy atom. The summed E-state index contributed by atoms with van der Waals surface area (Å²) in [6, 6.07) is 5.03. The average Bonchev–Trinajstić information content (AvgIpc) is 2.66. The summed E-state index contributed by atoms with van der Waals surface area (Å²) < 4.78 is 36.3. The monoisotopic (exact) mass is 418 g/mol. The fraction of sp³-hybridized carbons (Fsp3) is 0.611. The van der Waals surface area contributed by atoms with E-state index >= 15 is 0 Å². The first-order chi connectivity index (χ1) is 13.1. The number of carbonyl (C=O) groups is 1. The van der Waals surface area contributed by atoms with Gasteiger partial charge in [-0.25, -0.2) is 0 Å². The van der Waals surface area contributed by atoms with E-state index in [2.05, 4.69) is 0 Å². The lowest BCUT2D eigenvalue weighted by molar-refractivity contribution is -0.230. The molecule has 9 nitrogen and oxygen atoms in total. The third-order valence-electron chi connectivity index (χ3n) is 4.86. The molecule has 0 spiro atoms. The van der Waals surface area contributed by atoms with Gasteiger partial charge in [-0.3, -0.25) is 9.35 Å². The van der Waals surface area contributed by atoms with Crippen molar-refractivity contribution in [2.24, 2.45) is 0 Å². The average molecular weight is 418 g/mol. The van der Waals surface area contributed by atoms with Crippen LogP contribution in [0.3, 0.4) is 0 Å². The molecule has 0 saturated carbocycles. The lowest BCUT2D eigenvalue weighted by atomic mass is 9.92. The van der Waals surface area contributed by atoms with Crippen LogP contribution in [0.1, 0.15) is 42.5 Å². The van der Waals surface area contributed by atoms with Gasteiger partial charge in [-0.05, 0) is 25.0 Å². The number of Topliss-reactive ketones (excluding diaryl/α,β-unsaturated/α-hetero) is 1. The van der Waals surface area contributed by atoms with Crippen LogP contribution in [0.25, 0.3) is 0 Å². The van der Waals surface area contributed by atoms with E-state index in [9.17, 15) is 28.5 Å². The zero-order valence-corrected chi connectivity index (χ0v) is 16.0. The van der Waals surface area contributed by atoms with E-state index in [1.54, 1.807) is 0 Å². The molecule has 5 N–H and O–H groups in total. The fourth-order valence-electron chi connectivity index (χ4n) is 3.18. The van der Waals surface area contributed by atoms with Crippen molar-refractivity contribution in [2.75, 3.05) is 6.61 Å². The number of unbranched alkanes of at least 4 members (excludes halogenated alkanes) is 2. The van der Waals surface area contributed by atoms with Crippen molar-refractivity contribution in [3.05, 3.63) is 29.8 Å². The van der Waals surface area contributed by atoms with E-state index in [4.69, 9.17) is 14.4 Å². The fourth-order valence-corrected chi connectivity index (χ4v) is 3.66. The molecule has 1 aromatic carbocycles. The SMILES string of the molecule is O=C(CCCCCC1OC(CO)C(O)C(O)C1O)c1ccc(S(=O)(=O)O)cc1. The van der Waals surface area contributed by atoms with Crippen molar-refractivity contribution in [1.82, 2.24) is 0 Å². The number of rotatable bonds is 9. The summed E-state index contributed by atoms with van der Waals surface area (Å²) in [7, 11) is -4.29. The van der Waals surface area contributed by atoms with Crippen LogP contribution in [0, 0.1) is 0 Å². The quantitative estimate of drug-likeness (QED) is 0.210. The Bertz CT molecular complexity index is 745. The summed E-state index contributed by atoms with van der Waals surface area (Å²) in [5.41, 5.74) is 0.348. The molecule has 0 bridgehead atoms. The number of aliphatic hydroxyl groups excluding tert-OH is 4. The molecule has 0 radical (unpaired) electrons. The second-order valence-corrected chi connectivity index (χ2v) is 8.31. The van der Waals surface area contributed by atoms with Gasteiger partial charge in [-0.1, -0.05) is 25.0 Å². The Hall–Kier alpha value is -1.40. The smallest absolute Gasteiger partial charge is 0.294 e. The second kappa shape index (κ2) is 9.88. The predicted molar refractivity (Wildman–Crippen MR) is 97.4 cm³/mol. The molecule has 1 aliphatic heterocycles. The Morgan fingerprint density at radius 1 is 0.929 bits per heavy atom. The number of hydrogen-bond acceptors (Lipinski definition) is 8. The summed E-state index contributed by atoms with van der Waals surface area (Å²) >= 11 is 0. The Balaban J connectivity index is 1.74. The van der Waals surface area contributed by atoms with Crippen LogP contribution in [0.2, 0.25) is 0 Å². The number of ketones is 1. The number of aliphatic hydroxyl groups is 4. The van der Waals surface area contributed by atoms with Crippen LogP contribution in [-0.2, 0) is 14.9 Å². The largest absolute Gasteiger partial charge is 0.394 e. The van der Waals surface area contributed by atoms with Gasteiger partial charge in [0.05, 0.1) is 17.6 Å². The van der Waals surface area contributed by atoms with E-state index in [1.165, 1.54) is 24.3 Å². The number of carbonyl (C=O) groups excluding carboxylic acids is 1. The molecule has 1 heterocycles. The molecule has 28 heavy (non-hydrogen) atoms. The van der Waals surface area contributed by atoms with Gasteiger partial charge in [-0.2, -0.15) is 8.42 Å². The first-order valence-electron chi connectivity index (χ1n) is 9.06. The third-order valence-corrected chi connectivity index (χ3v) is 5.73. The minimum absolute atomic E-state index is 0.158. The predicted octanol–water partition coefficient (Wildman–Crippen LogP) is -0.0911. The zero-order valence-electron chi connectivity index (χ0n) is 15.2. The normalized spacial score (nSPS) is 28.2. The molecule has 0 aliphatic carbocycles. The molecular weight excluding hydrogens is 392 g/mol. The van der Waals surface area contributed by atoms with Crippen molar-refractivity contribution in [2.45, 2.75) is 67.5 Å². The van der Waals surface area contributed by atoms with Crippen LogP contribution in [0.5, 0.6) is 0 Å². The molecule has 1 saturated heterocycles. The van der Waals surface area contributed by atoms with Gasteiger partial charge in [0.15, 0.2) is 5.78 Å². The van der Waals surface area contributed by atoms with Gasteiger partial charge in [-0.15, -0.1) is 0 Å². The van der Waals surface area contributed by atoms with Crippen LogP contribution < -0.4 is 0 Å². The minimum Gasteiger partial charge on any atom is -0.394 e. The topological polar surface area (TPSA) is 162 Å². The minimum atomic E-state index is -4.29. The standard InChI is InChI=1S/C18H26O9S/c19-10-15-17(22)18(23)16(21)14(27-15)5-3-1-2-4-13(20)11-6-8-12(9-7-11)28(24,25)26/h6-9,14-19,21-23H,1-5,10H2,(H,24,25,26). The van der Waals surface area contributed by atoms with E-state index in [0.29, 0.717) is 31.2 Å². The maximum Gasteiger partial charge on any atom is 0.294 e. The number of benzene rings is 1. The molecule has 1 aliphatic rings. The summed E-state index contributed by atoms with van der Waals surface area (Å²) in [5.74, 6) is -0.158. The van der Waals surface area contributed by atoms with Crippen LogP contribution >= 0.6 is 0 Å². The van der Waals surface area contributed by atoms with E-state index in [0.717, 1.165) is 0 Å². The van der Waals surface area contributed by atoms with Gasteiger partial charge in [0, 0.05) is 12.0 Å². The van der Waals surface area contributed by atoms with Crippen molar-refractivity contribution in [3.8, 4) is 0 Å². The van der Waals surface area contributed by atoms with Crippen LogP contribution in [0.15, 0.2) is 29.2 Å². The van der Waals surface area contributed by atoms with E-state index in [-0.39, 0.29) is 17.1 Å².